The number of fused-ring (bicyclic) bond motifs is 3. The molecule has 1 aromatic carbocycles. The maximum absolute atomic E-state index is 5.98. The van der Waals surface area contributed by atoms with Gasteiger partial charge in [-0.1, -0.05) is 23.2 Å². The van der Waals surface area contributed by atoms with Crippen LogP contribution in [0.2, 0.25) is 10.0 Å². The number of rotatable bonds is 3. The first-order valence-corrected chi connectivity index (χ1v) is 7.28. The van der Waals surface area contributed by atoms with Crippen molar-refractivity contribution in [2.75, 3.05) is 26.2 Å². The SMILES string of the molecule is Cl.Clc1ccc(OCC2CN3CCC2CC3)cc1Cl. The number of hydrogen-bond acceptors (Lipinski definition) is 2. The summed E-state index contributed by atoms with van der Waals surface area (Å²) in [4.78, 5) is 2.54. The zero-order valence-electron chi connectivity index (χ0n) is 10.6. The van der Waals surface area contributed by atoms with Crippen LogP contribution < -0.4 is 4.74 Å². The number of halogens is 3. The number of hydrogen-bond donors (Lipinski definition) is 0. The van der Waals surface area contributed by atoms with Gasteiger partial charge in [0.2, 0.25) is 0 Å². The lowest BCUT2D eigenvalue weighted by molar-refractivity contribution is 0.0257. The fraction of sp³-hybridized carbons (Fsp3) is 0.571. The van der Waals surface area contributed by atoms with E-state index in [4.69, 9.17) is 27.9 Å². The molecule has 0 aromatic heterocycles. The minimum Gasteiger partial charge on any atom is -0.493 e. The summed E-state index contributed by atoms with van der Waals surface area (Å²) in [5.41, 5.74) is 0. The lowest BCUT2D eigenvalue weighted by Crippen LogP contribution is -2.49. The third kappa shape index (κ3) is 3.49. The molecule has 4 rings (SSSR count). The van der Waals surface area contributed by atoms with Crippen LogP contribution >= 0.6 is 35.6 Å². The number of piperidine rings is 3. The molecule has 2 bridgehead atoms. The average molecular weight is 323 g/mol. The van der Waals surface area contributed by atoms with Crippen LogP contribution in [0.4, 0.5) is 0 Å². The fourth-order valence-corrected chi connectivity index (χ4v) is 3.33. The molecular formula is C14H18Cl3NO. The molecule has 3 aliphatic rings. The van der Waals surface area contributed by atoms with Crippen LogP contribution in [-0.4, -0.2) is 31.1 Å². The van der Waals surface area contributed by atoms with Crippen molar-refractivity contribution in [3.05, 3.63) is 28.2 Å². The van der Waals surface area contributed by atoms with Gasteiger partial charge in [0.05, 0.1) is 16.7 Å². The smallest absolute Gasteiger partial charge is 0.120 e. The van der Waals surface area contributed by atoms with Crippen molar-refractivity contribution < 1.29 is 4.74 Å². The zero-order chi connectivity index (χ0) is 12.5. The van der Waals surface area contributed by atoms with Gasteiger partial charge < -0.3 is 9.64 Å². The first-order valence-electron chi connectivity index (χ1n) is 6.52. The van der Waals surface area contributed by atoms with E-state index in [9.17, 15) is 0 Å². The Kier molecular flexibility index (Phi) is 5.24. The summed E-state index contributed by atoms with van der Waals surface area (Å²) < 4.78 is 5.86. The van der Waals surface area contributed by atoms with Gasteiger partial charge in [0.15, 0.2) is 0 Å². The Balaban J connectivity index is 0.00000133. The molecule has 3 saturated heterocycles. The van der Waals surface area contributed by atoms with Crippen LogP contribution in [0.25, 0.3) is 0 Å². The topological polar surface area (TPSA) is 12.5 Å². The molecule has 1 atom stereocenters. The van der Waals surface area contributed by atoms with E-state index in [1.54, 1.807) is 12.1 Å². The van der Waals surface area contributed by atoms with Crippen molar-refractivity contribution in [3.63, 3.8) is 0 Å². The van der Waals surface area contributed by atoms with E-state index in [1.807, 2.05) is 6.07 Å². The lowest BCUT2D eigenvalue weighted by Gasteiger charge is -2.44. The quantitative estimate of drug-likeness (QED) is 0.829. The number of ether oxygens (including phenoxy) is 1. The van der Waals surface area contributed by atoms with E-state index in [1.165, 1.54) is 32.5 Å². The van der Waals surface area contributed by atoms with Gasteiger partial charge >= 0.3 is 0 Å². The van der Waals surface area contributed by atoms with Crippen molar-refractivity contribution in [2.24, 2.45) is 11.8 Å². The Labute approximate surface area is 130 Å². The van der Waals surface area contributed by atoms with Crippen LogP contribution in [0.1, 0.15) is 12.8 Å². The van der Waals surface area contributed by atoms with Crippen molar-refractivity contribution in [3.8, 4) is 5.75 Å². The molecule has 0 spiro atoms. The first-order chi connectivity index (χ1) is 8.72. The molecule has 0 radical (unpaired) electrons. The molecule has 0 amide bonds. The highest BCUT2D eigenvalue weighted by Gasteiger charge is 2.34. The summed E-state index contributed by atoms with van der Waals surface area (Å²) in [6, 6.07) is 5.47. The van der Waals surface area contributed by atoms with Gasteiger partial charge in [0.25, 0.3) is 0 Å². The van der Waals surface area contributed by atoms with Gasteiger partial charge in [-0.25, -0.2) is 0 Å². The standard InChI is InChI=1S/C14H17Cl2NO.ClH/c15-13-2-1-12(7-14(13)16)18-9-11-8-17-5-3-10(11)4-6-17;/h1-2,7,10-11H,3-6,8-9H2;1H. The molecule has 1 unspecified atom stereocenters. The van der Waals surface area contributed by atoms with Gasteiger partial charge in [-0.15, -0.1) is 12.4 Å². The molecule has 3 heterocycles. The maximum Gasteiger partial charge on any atom is 0.120 e. The van der Waals surface area contributed by atoms with Crippen LogP contribution in [-0.2, 0) is 0 Å². The Hall–Kier alpha value is -0.150. The van der Waals surface area contributed by atoms with E-state index in [2.05, 4.69) is 4.90 Å². The highest BCUT2D eigenvalue weighted by molar-refractivity contribution is 6.42. The van der Waals surface area contributed by atoms with Crippen molar-refractivity contribution >= 4 is 35.6 Å². The summed E-state index contributed by atoms with van der Waals surface area (Å²) in [6.07, 6.45) is 2.66. The largest absolute Gasteiger partial charge is 0.493 e. The molecular weight excluding hydrogens is 305 g/mol. The highest BCUT2D eigenvalue weighted by atomic mass is 35.5. The molecule has 3 aliphatic heterocycles. The Bertz CT molecular complexity index is 433. The molecule has 19 heavy (non-hydrogen) atoms. The van der Waals surface area contributed by atoms with Crippen molar-refractivity contribution in [1.82, 2.24) is 4.90 Å². The molecule has 1 aromatic rings. The number of benzene rings is 1. The van der Waals surface area contributed by atoms with Gasteiger partial charge in [0.1, 0.15) is 5.75 Å². The molecule has 2 nitrogen and oxygen atoms in total. The second kappa shape index (κ2) is 6.53. The third-order valence-corrected chi connectivity index (χ3v) is 4.89. The van der Waals surface area contributed by atoms with Crippen LogP contribution in [0, 0.1) is 11.8 Å². The molecule has 3 fully saturated rings. The molecule has 0 N–H and O–H groups in total. The van der Waals surface area contributed by atoms with Gasteiger partial charge in [-0.2, -0.15) is 0 Å². The van der Waals surface area contributed by atoms with Gasteiger partial charge in [-0.05, 0) is 44.0 Å². The van der Waals surface area contributed by atoms with Gasteiger partial charge in [-0.3, -0.25) is 0 Å². The second-order valence-electron chi connectivity index (χ2n) is 5.29. The maximum atomic E-state index is 5.98. The first kappa shape index (κ1) is 15.2. The van der Waals surface area contributed by atoms with Gasteiger partial charge in [0, 0.05) is 18.5 Å². The highest BCUT2D eigenvalue weighted by Crippen LogP contribution is 2.33. The van der Waals surface area contributed by atoms with E-state index < -0.39 is 0 Å². The lowest BCUT2D eigenvalue weighted by atomic mass is 9.79. The monoisotopic (exact) mass is 321 g/mol. The van der Waals surface area contributed by atoms with E-state index in [0.29, 0.717) is 16.0 Å². The van der Waals surface area contributed by atoms with E-state index in [-0.39, 0.29) is 12.4 Å². The Morgan fingerprint density at radius 1 is 1.16 bits per heavy atom. The Morgan fingerprint density at radius 2 is 1.89 bits per heavy atom. The van der Waals surface area contributed by atoms with Crippen LogP contribution in [0.15, 0.2) is 18.2 Å². The van der Waals surface area contributed by atoms with Crippen LogP contribution in [0.5, 0.6) is 5.75 Å². The van der Waals surface area contributed by atoms with E-state index in [0.717, 1.165) is 18.3 Å². The Morgan fingerprint density at radius 3 is 2.47 bits per heavy atom. The predicted octanol–water partition coefficient (Wildman–Crippen LogP) is 4.14. The summed E-state index contributed by atoms with van der Waals surface area (Å²) >= 11 is 11.9. The molecule has 106 valence electrons. The predicted molar refractivity (Wildman–Crippen MR) is 81.9 cm³/mol. The minimum absolute atomic E-state index is 0. The summed E-state index contributed by atoms with van der Waals surface area (Å²) in [5.74, 6) is 2.33. The normalized spacial score (nSPS) is 28.8. The summed E-state index contributed by atoms with van der Waals surface area (Å²) in [6.45, 7) is 4.52. The molecule has 0 saturated carbocycles. The average Bonchev–Trinajstić information content (AvgIpc) is 2.41. The zero-order valence-corrected chi connectivity index (χ0v) is 13.0. The molecule has 5 heteroatoms. The van der Waals surface area contributed by atoms with E-state index >= 15 is 0 Å². The number of nitrogens with zero attached hydrogens (tertiary/aromatic N) is 1. The molecule has 0 aliphatic carbocycles. The van der Waals surface area contributed by atoms with Crippen molar-refractivity contribution in [2.45, 2.75) is 12.8 Å². The fourth-order valence-electron chi connectivity index (χ4n) is 3.05. The summed E-state index contributed by atoms with van der Waals surface area (Å²) in [7, 11) is 0. The van der Waals surface area contributed by atoms with Crippen LogP contribution in [0.3, 0.4) is 0 Å². The summed E-state index contributed by atoms with van der Waals surface area (Å²) in [5, 5.41) is 1.13. The minimum atomic E-state index is 0. The second-order valence-corrected chi connectivity index (χ2v) is 6.10. The van der Waals surface area contributed by atoms with Crippen molar-refractivity contribution in [1.29, 1.82) is 0 Å². The third-order valence-electron chi connectivity index (χ3n) is 4.15.